The number of hydrogen-bond acceptors (Lipinski definition) is 4. The molecule has 0 spiro atoms. The summed E-state index contributed by atoms with van der Waals surface area (Å²) in [4.78, 5) is 16.2. The Hall–Kier alpha value is -9.55. The first-order valence-corrected chi connectivity index (χ1v) is 27.2. The number of hydrogen-bond donors (Lipinski definition) is 0. The lowest BCUT2D eigenvalue weighted by Gasteiger charge is -2.18. The van der Waals surface area contributed by atoms with Gasteiger partial charge in [0.1, 0.15) is 5.01 Å². The molecule has 4 heterocycles. The topological polar surface area (TPSA) is 43.6 Å². The molecule has 0 saturated carbocycles. The Morgan fingerprint density at radius 2 is 0.844 bits per heavy atom. The molecule has 364 valence electrons. The first-order valence-electron chi connectivity index (χ1n) is 26.4. The first kappa shape index (κ1) is 46.0. The number of fused-ring (bicyclic) bond motifs is 4. The van der Waals surface area contributed by atoms with E-state index in [1.807, 2.05) is 6.07 Å². The Kier molecular flexibility index (Phi) is 11.7. The Morgan fingerprint density at radius 3 is 1.42 bits per heavy atom. The van der Waals surface area contributed by atoms with Crippen molar-refractivity contribution in [3.05, 3.63) is 273 Å². The summed E-state index contributed by atoms with van der Waals surface area (Å²) in [6.45, 7) is 2.28. The van der Waals surface area contributed by atoms with Crippen LogP contribution in [0.2, 0.25) is 0 Å². The molecule has 0 aliphatic heterocycles. The summed E-state index contributed by atoms with van der Waals surface area (Å²) in [5, 5.41) is 3.48. The van der Waals surface area contributed by atoms with E-state index in [4.69, 9.17) is 15.0 Å². The van der Waals surface area contributed by atoms with E-state index in [1.54, 1.807) is 11.3 Å². The van der Waals surface area contributed by atoms with E-state index in [0.717, 1.165) is 117 Å². The average Bonchev–Trinajstić information content (AvgIpc) is 4.17. The van der Waals surface area contributed by atoms with Gasteiger partial charge in [0, 0.05) is 61.0 Å². The van der Waals surface area contributed by atoms with Crippen LogP contribution in [0, 0.1) is 5.92 Å². The van der Waals surface area contributed by atoms with Gasteiger partial charge in [-0.3, -0.25) is 0 Å². The van der Waals surface area contributed by atoms with Gasteiger partial charge in [0.25, 0.3) is 0 Å². The molecule has 4 aromatic heterocycles. The number of allylic oxidation sites excluding steroid dienone is 4. The monoisotopic (exact) mass is 1000 g/mol. The van der Waals surface area contributed by atoms with Crippen molar-refractivity contribution >= 4 is 48.9 Å². The van der Waals surface area contributed by atoms with Crippen LogP contribution in [0.4, 0.5) is 0 Å². The summed E-state index contributed by atoms with van der Waals surface area (Å²) >= 11 is 1.76. The minimum Gasteiger partial charge on any atom is -0.309 e. The fourth-order valence-electron chi connectivity index (χ4n) is 11.2. The van der Waals surface area contributed by atoms with Gasteiger partial charge in [0.05, 0.1) is 44.0 Å². The van der Waals surface area contributed by atoms with Crippen LogP contribution in [0.3, 0.4) is 0 Å². The van der Waals surface area contributed by atoms with Crippen LogP contribution >= 0.6 is 11.3 Å². The van der Waals surface area contributed by atoms with Crippen molar-refractivity contribution in [3.8, 4) is 94.5 Å². The highest BCUT2D eigenvalue weighted by atomic mass is 32.1. The molecule has 0 radical (unpaired) electrons. The molecular weight excluding hydrogens is 953 g/mol. The average molecular weight is 1000 g/mol. The van der Waals surface area contributed by atoms with E-state index < -0.39 is 0 Å². The van der Waals surface area contributed by atoms with E-state index in [9.17, 15) is 0 Å². The van der Waals surface area contributed by atoms with Gasteiger partial charge in [-0.2, -0.15) is 0 Å². The second-order valence-electron chi connectivity index (χ2n) is 20.0. The molecule has 1 aliphatic carbocycles. The zero-order chi connectivity index (χ0) is 51.2. The van der Waals surface area contributed by atoms with Crippen LogP contribution in [0.15, 0.2) is 267 Å². The van der Waals surface area contributed by atoms with Gasteiger partial charge in [0.2, 0.25) is 0 Å². The van der Waals surface area contributed by atoms with E-state index in [2.05, 4.69) is 272 Å². The fraction of sp³-hybridized carbons (Fsp3) is 0.0417. The number of nitrogens with zero attached hydrogens (tertiary/aromatic N) is 4. The molecule has 1 aliphatic rings. The lowest BCUT2D eigenvalue weighted by atomic mass is 9.89. The van der Waals surface area contributed by atoms with Crippen molar-refractivity contribution in [3.63, 3.8) is 0 Å². The molecule has 0 amide bonds. The molecule has 0 fully saturated rings. The van der Waals surface area contributed by atoms with Crippen LogP contribution in [0.1, 0.15) is 19.0 Å². The highest BCUT2D eigenvalue weighted by Crippen LogP contribution is 2.44. The number of para-hydroxylation sites is 2. The fourth-order valence-corrected chi connectivity index (χ4v) is 12.3. The minimum atomic E-state index is 0.445. The summed E-state index contributed by atoms with van der Waals surface area (Å²) in [5.41, 5.74) is 23.0. The van der Waals surface area contributed by atoms with Gasteiger partial charge in [-0.05, 0) is 88.7 Å². The van der Waals surface area contributed by atoms with Crippen LogP contribution < -0.4 is 0 Å². The molecule has 5 heteroatoms. The van der Waals surface area contributed by atoms with Crippen molar-refractivity contribution in [2.45, 2.75) is 13.3 Å². The highest BCUT2D eigenvalue weighted by Gasteiger charge is 2.21. The van der Waals surface area contributed by atoms with Crippen molar-refractivity contribution in [2.24, 2.45) is 5.92 Å². The van der Waals surface area contributed by atoms with Gasteiger partial charge >= 0.3 is 0 Å². The highest BCUT2D eigenvalue weighted by molar-refractivity contribution is 7.22. The maximum atomic E-state index is 5.56. The third-order valence-corrected chi connectivity index (χ3v) is 16.2. The van der Waals surface area contributed by atoms with Crippen LogP contribution in [-0.2, 0) is 0 Å². The number of pyridine rings is 2. The number of aromatic nitrogens is 4. The van der Waals surface area contributed by atoms with E-state index in [1.165, 1.54) is 27.4 Å². The standard InChI is InChI=1S/C72H50N4S/c1-47-16-15-23-56(46-47)69-59(43-45-65(74-69)53-19-7-3-8-20-53)49-32-34-51(35-33-49)61-41-40-60(50-30-28-48(29-31-50)58-42-44-64(52-17-5-2-6-18-52)73-68(58)54-21-9-4-10-22-54)70-71(61)77-72(75-70)55-36-38-57(39-37-55)76-66-26-13-11-24-62(66)63-25-12-14-27-67(63)76/h2-45,47H,46H2,1H3. The molecule has 4 nitrogen and oxygen atoms in total. The second-order valence-corrected chi connectivity index (χ2v) is 21.0. The normalized spacial score (nSPS) is 13.4. The summed E-state index contributed by atoms with van der Waals surface area (Å²) in [6, 6.07) is 89.0. The zero-order valence-electron chi connectivity index (χ0n) is 42.4. The molecule has 77 heavy (non-hydrogen) atoms. The molecular formula is C72H50N4S. The Bertz CT molecular complexity index is 4330. The molecule has 9 aromatic carbocycles. The first-order chi connectivity index (χ1) is 38.1. The van der Waals surface area contributed by atoms with Gasteiger partial charge in [-0.25, -0.2) is 15.0 Å². The van der Waals surface area contributed by atoms with Gasteiger partial charge in [-0.15, -0.1) is 11.3 Å². The molecule has 1 atom stereocenters. The van der Waals surface area contributed by atoms with Crippen molar-refractivity contribution in [1.29, 1.82) is 0 Å². The second kappa shape index (κ2) is 19.6. The Labute approximate surface area is 452 Å². The summed E-state index contributed by atoms with van der Waals surface area (Å²) in [7, 11) is 0. The maximum absolute atomic E-state index is 5.56. The van der Waals surface area contributed by atoms with E-state index >= 15 is 0 Å². The molecule has 0 bridgehead atoms. The zero-order valence-corrected chi connectivity index (χ0v) is 43.2. The summed E-state index contributed by atoms with van der Waals surface area (Å²) in [6.07, 6.45) is 7.65. The molecule has 0 saturated heterocycles. The van der Waals surface area contributed by atoms with Gasteiger partial charge in [0.15, 0.2) is 0 Å². The predicted octanol–water partition coefficient (Wildman–Crippen LogP) is 19.5. The number of benzene rings is 9. The van der Waals surface area contributed by atoms with Crippen LogP contribution in [0.5, 0.6) is 0 Å². The molecule has 1 unspecified atom stereocenters. The van der Waals surface area contributed by atoms with Gasteiger partial charge in [-0.1, -0.05) is 225 Å². The predicted molar refractivity (Wildman–Crippen MR) is 324 cm³/mol. The largest absolute Gasteiger partial charge is 0.309 e. The SMILES string of the molecule is CC1C=CC=C(c2nc(-c3ccccc3)ccc2-c2ccc(-c3ccc(-c4ccc(-c5ccc(-c6ccccc6)nc5-c5ccccc5)cc4)c4nc(-c5ccc(-n6c7ccccc7c7ccccc76)cc5)sc34)cc2)C1. The third-order valence-electron chi connectivity index (χ3n) is 15.1. The molecule has 14 rings (SSSR count). The van der Waals surface area contributed by atoms with Gasteiger partial charge < -0.3 is 4.57 Å². The summed E-state index contributed by atoms with van der Waals surface area (Å²) < 4.78 is 3.52. The maximum Gasteiger partial charge on any atom is 0.124 e. The van der Waals surface area contributed by atoms with Crippen molar-refractivity contribution in [1.82, 2.24) is 19.5 Å². The Balaban J connectivity index is 0.866. The third kappa shape index (κ3) is 8.57. The quantitative estimate of drug-likeness (QED) is 0.137. The Morgan fingerprint density at radius 1 is 0.390 bits per heavy atom. The lowest BCUT2D eigenvalue weighted by Crippen LogP contribution is -2.02. The van der Waals surface area contributed by atoms with Crippen LogP contribution in [-0.4, -0.2) is 19.5 Å². The van der Waals surface area contributed by atoms with E-state index in [0.29, 0.717) is 5.92 Å². The van der Waals surface area contributed by atoms with Crippen molar-refractivity contribution < 1.29 is 0 Å². The van der Waals surface area contributed by atoms with E-state index in [-0.39, 0.29) is 0 Å². The lowest BCUT2D eigenvalue weighted by molar-refractivity contribution is 0.747. The minimum absolute atomic E-state index is 0.445. The molecule has 13 aromatic rings. The number of rotatable bonds is 10. The number of thiazole rings is 1. The van der Waals surface area contributed by atoms with Crippen molar-refractivity contribution in [2.75, 3.05) is 0 Å². The summed E-state index contributed by atoms with van der Waals surface area (Å²) in [5.74, 6) is 0.445. The van der Waals surface area contributed by atoms with Crippen LogP contribution in [0.25, 0.3) is 132 Å². The smallest absolute Gasteiger partial charge is 0.124 e. The molecule has 0 N–H and O–H groups in total.